The molecule has 2 aromatic rings. The fourth-order valence-electron chi connectivity index (χ4n) is 1.80. The smallest absolute Gasteiger partial charge is 0.338 e. The normalized spacial score (nSPS) is 10.6. The minimum atomic E-state index is -2.80. The standard InChI is InChI=1S/C13H11F2N3O5/c1-22-12(19)8-2-3-10(9(6-8)18(20)21)23-7-11-16-4-5-17(11)13(14)15/h2-6,13H,7H2,1H3. The van der Waals surface area contributed by atoms with Crippen LogP contribution < -0.4 is 4.74 Å². The van der Waals surface area contributed by atoms with Gasteiger partial charge in [0.2, 0.25) is 0 Å². The van der Waals surface area contributed by atoms with Crippen LogP contribution in [0, 0.1) is 10.1 Å². The van der Waals surface area contributed by atoms with Crippen LogP contribution in [0.3, 0.4) is 0 Å². The summed E-state index contributed by atoms with van der Waals surface area (Å²) < 4.78 is 35.6. The molecule has 122 valence electrons. The van der Waals surface area contributed by atoms with Gasteiger partial charge in [0.05, 0.1) is 17.6 Å². The molecule has 0 saturated heterocycles. The minimum Gasteiger partial charge on any atom is -0.479 e. The summed E-state index contributed by atoms with van der Waals surface area (Å²) >= 11 is 0. The van der Waals surface area contributed by atoms with Gasteiger partial charge in [0.1, 0.15) is 6.61 Å². The number of nitro groups is 1. The van der Waals surface area contributed by atoms with E-state index in [9.17, 15) is 23.7 Å². The lowest BCUT2D eigenvalue weighted by Crippen LogP contribution is -2.08. The van der Waals surface area contributed by atoms with Gasteiger partial charge in [-0.3, -0.25) is 14.7 Å². The Morgan fingerprint density at radius 2 is 2.22 bits per heavy atom. The predicted molar refractivity (Wildman–Crippen MR) is 72.2 cm³/mol. The maximum absolute atomic E-state index is 12.7. The zero-order valence-corrected chi connectivity index (χ0v) is 11.8. The molecule has 0 saturated carbocycles. The summed E-state index contributed by atoms with van der Waals surface area (Å²) in [4.78, 5) is 25.4. The highest BCUT2D eigenvalue weighted by atomic mass is 19.3. The van der Waals surface area contributed by atoms with Gasteiger partial charge in [0.25, 0.3) is 0 Å². The number of aromatic nitrogens is 2. The first kappa shape index (κ1) is 16.3. The minimum absolute atomic E-state index is 0.0272. The number of hydrogen-bond donors (Lipinski definition) is 0. The summed E-state index contributed by atoms with van der Waals surface area (Å²) in [5.41, 5.74) is -0.510. The fraction of sp³-hybridized carbons (Fsp3) is 0.231. The Labute approximate surface area is 128 Å². The van der Waals surface area contributed by atoms with Gasteiger partial charge in [-0.2, -0.15) is 8.78 Å². The number of imidazole rings is 1. The maximum Gasteiger partial charge on any atom is 0.338 e. The van der Waals surface area contributed by atoms with Gasteiger partial charge in [0.15, 0.2) is 11.6 Å². The quantitative estimate of drug-likeness (QED) is 0.459. The Kier molecular flexibility index (Phi) is 4.84. The monoisotopic (exact) mass is 327 g/mol. The summed E-state index contributed by atoms with van der Waals surface area (Å²) in [6.45, 7) is -3.19. The van der Waals surface area contributed by atoms with Crippen LogP contribution in [-0.4, -0.2) is 27.6 Å². The van der Waals surface area contributed by atoms with Crippen LogP contribution in [0.5, 0.6) is 5.75 Å². The van der Waals surface area contributed by atoms with Crippen LogP contribution in [0.2, 0.25) is 0 Å². The third kappa shape index (κ3) is 3.59. The molecule has 0 aliphatic heterocycles. The molecule has 8 nitrogen and oxygen atoms in total. The van der Waals surface area contributed by atoms with Crippen LogP contribution in [0.4, 0.5) is 14.5 Å². The van der Waals surface area contributed by atoms with Gasteiger partial charge in [-0.15, -0.1) is 0 Å². The Hall–Kier alpha value is -3.04. The molecule has 1 aromatic carbocycles. The van der Waals surface area contributed by atoms with Crippen molar-refractivity contribution in [2.24, 2.45) is 0 Å². The highest BCUT2D eigenvalue weighted by Gasteiger charge is 2.20. The Morgan fingerprint density at radius 3 is 2.83 bits per heavy atom. The van der Waals surface area contributed by atoms with Crippen molar-refractivity contribution in [3.63, 3.8) is 0 Å². The lowest BCUT2D eigenvalue weighted by Gasteiger charge is -2.09. The molecule has 0 aliphatic rings. The van der Waals surface area contributed by atoms with Crippen molar-refractivity contribution in [2.45, 2.75) is 13.2 Å². The van der Waals surface area contributed by atoms with Crippen molar-refractivity contribution in [3.05, 3.63) is 52.1 Å². The molecule has 0 bridgehead atoms. The number of alkyl halides is 2. The van der Waals surface area contributed by atoms with Crippen molar-refractivity contribution < 1.29 is 28.0 Å². The molecule has 10 heteroatoms. The SMILES string of the molecule is COC(=O)c1ccc(OCc2nccn2C(F)F)c([N+](=O)[O-])c1. The predicted octanol–water partition coefficient (Wildman–Crippen LogP) is 2.55. The van der Waals surface area contributed by atoms with Gasteiger partial charge < -0.3 is 9.47 Å². The third-order valence-electron chi connectivity index (χ3n) is 2.89. The Morgan fingerprint density at radius 1 is 1.48 bits per heavy atom. The molecule has 0 atom stereocenters. The number of rotatable bonds is 6. The summed E-state index contributed by atoms with van der Waals surface area (Å²) in [6.07, 6.45) is 2.23. The molecule has 0 N–H and O–H groups in total. The molecule has 1 heterocycles. The average molecular weight is 327 g/mol. The first-order valence-corrected chi connectivity index (χ1v) is 6.23. The number of hydrogen-bond acceptors (Lipinski definition) is 6. The van der Waals surface area contributed by atoms with E-state index < -0.39 is 29.7 Å². The van der Waals surface area contributed by atoms with E-state index in [4.69, 9.17) is 4.74 Å². The van der Waals surface area contributed by atoms with E-state index in [0.717, 1.165) is 19.4 Å². The number of halogens is 2. The third-order valence-corrected chi connectivity index (χ3v) is 2.89. The number of ether oxygens (including phenoxy) is 2. The number of nitro benzene ring substituents is 1. The Balaban J connectivity index is 2.24. The van der Waals surface area contributed by atoms with Gasteiger partial charge in [-0.05, 0) is 12.1 Å². The fourth-order valence-corrected chi connectivity index (χ4v) is 1.80. The molecule has 0 radical (unpaired) electrons. The van der Waals surface area contributed by atoms with Crippen molar-refractivity contribution in [1.82, 2.24) is 9.55 Å². The van der Waals surface area contributed by atoms with E-state index in [0.29, 0.717) is 4.57 Å². The first-order valence-electron chi connectivity index (χ1n) is 6.23. The summed E-state index contributed by atoms with van der Waals surface area (Å²) in [6, 6.07) is 3.45. The summed E-state index contributed by atoms with van der Waals surface area (Å²) in [5, 5.41) is 11.1. The Bertz CT molecular complexity index is 732. The number of methoxy groups -OCH3 is 1. The highest BCUT2D eigenvalue weighted by molar-refractivity contribution is 5.90. The largest absolute Gasteiger partial charge is 0.479 e. The van der Waals surface area contributed by atoms with Crippen LogP contribution in [0.15, 0.2) is 30.6 Å². The van der Waals surface area contributed by atoms with Crippen molar-refractivity contribution in [1.29, 1.82) is 0 Å². The van der Waals surface area contributed by atoms with Gasteiger partial charge in [-0.1, -0.05) is 0 Å². The average Bonchev–Trinajstić information content (AvgIpc) is 3.00. The number of esters is 1. The van der Waals surface area contributed by atoms with Crippen LogP contribution in [0.25, 0.3) is 0 Å². The van der Waals surface area contributed by atoms with Crippen LogP contribution in [-0.2, 0) is 11.3 Å². The lowest BCUT2D eigenvalue weighted by atomic mass is 10.2. The van der Waals surface area contributed by atoms with Gasteiger partial charge >= 0.3 is 18.2 Å². The summed E-state index contributed by atoms with van der Waals surface area (Å²) in [7, 11) is 1.14. The number of carbonyl (C=O) groups is 1. The lowest BCUT2D eigenvalue weighted by molar-refractivity contribution is -0.386. The first-order chi connectivity index (χ1) is 10.9. The second-order valence-corrected chi connectivity index (χ2v) is 4.25. The van der Waals surface area contributed by atoms with Crippen molar-refractivity contribution in [2.75, 3.05) is 7.11 Å². The van der Waals surface area contributed by atoms with Crippen molar-refractivity contribution in [3.8, 4) is 5.75 Å². The zero-order valence-electron chi connectivity index (χ0n) is 11.8. The molecular weight excluding hydrogens is 316 g/mol. The zero-order chi connectivity index (χ0) is 17.0. The van der Waals surface area contributed by atoms with Gasteiger partial charge in [0, 0.05) is 18.5 Å². The second-order valence-electron chi connectivity index (χ2n) is 4.25. The van der Waals surface area contributed by atoms with E-state index in [2.05, 4.69) is 9.72 Å². The maximum atomic E-state index is 12.7. The van der Waals surface area contributed by atoms with Crippen LogP contribution in [0.1, 0.15) is 22.7 Å². The summed E-state index contributed by atoms with van der Waals surface area (Å²) in [5.74, 6) is -1.01. The van der Waals surface area contributed by atoms with Crippen LogP contribution >= 0.6 is 0 Å². The molecule has 1 aromatic heterocycles. The number of nitrogens with zero attached hydrogens (tertiary/aromatic N) is 3. The van der Waals surface area contributed by atoms with E-state index in [1.54, 1.807) is 0 Å². The van der Waals surface area contributed by atoms with Gasteiger partial charge in [-0.25, -0.2) is 9.78 Å². The van der Waals surface area contributed by atoms with Crippen molar-refractivity contribution >= 4 is 11.7 Å². The molecule has 0 spiro atoms. The number of benzene rings is 1. The van der Waals surface area contributed by atoms with E-state index in [1.165, 1.54) is 18.3 Å². The molecule has 0 fully saturated rings. The van der Waals surface area contributed by atoms with E-state index in [1.807, 2.05) is 0 Å². The molecular formula is C13H11F2N3O5. The molecule has 2 rings (SSSR count). The molecule has 23 heavy (non-hydrogen) atoms. The van der Waals surface area contributed by atoms with E-state index in [-0.39, 0.29) is 17.1 Å². The van der Waals surface area contributed by atoms with E-state index >= 15 is 0 Å². The molecule has 0 aliphatic carbocycles. The number of carbonyl (C=O) groups excluding carboxylic acids is 1. The highest BCUT2D eigenvalue weighted by Crippen LogP contribution is 2.29. The second kappa shape index (κ2) is 6.81. The molecule has 0 unspecified atom stereocenters. The molecule has 0 amide bonds. The topological polar surface area (TPSA) is 96.5 Å².